The highest BCUT2D eigenvalue weighted by Gasteiger charge is 2.45. The zero-order chi connectivity index (χ0) is 21.3. The van der Waals surface area contributed by atoms with Gasteiger partial charge in [0.15, 0.2) is 0 Å². The summed E-state index contributed by atoms with van der Waals surface area (Å²) in [5.41, 5.74) is 1.55. The molecule has 164 valence electrons. The third-order valence-corrected chi connectivity index (χ3v) is 7.08. The van der Waals surface area contributed by atoms with Crippen molar-refractivity contribution in [3.8, 4) is 0 Å². The summed E-state index contributed by atoms with van der Waals surface area (Å²) in [5.74, 6) is -0.169. The number of carbonyl (C=O) groups is 1. The molecule has 5 nitrogen and oxygen atoms in total. The summed E-state index contributed by atoms with van der Waals surface area (Å²) in [7, 11) is 0. The number of likely N-dealkylation sites (tertiary alicyclic amines) is 1. The standard InChI is InChI=1S/C25H30FN3O2/c26-20-6-4-19(5-7-20)18-29(21-8-9-21)22-10-16-31-25(17-22)11-14-28(15-12-25)24(30)23-3-1-2-13-27-23/h1-7,13,21-22H,8-12,14-18H2. The third-order valence-electron chi connectivity index (χ3n) is 7.08. The van der Waals surface area contributed by atoms with E-state index in [2.05, 4.69) is 9.88 Å². The number of carbonyl (C=O) groups excluding carboxylic acids is 1. The molecule has 1 unspecified atom stereocenters. The number of ether oxygens (including phenoxy) is 1. The first kappa shape index (κ1) is 20.6. The van der Waals surface area contributed by atoms with Gasteiger partial charge < -0.3 is 9.64 Å². The first-order chi connectivity index (χ1) is 15.1. The molecule has 1 saturated carbocycles. The molecule has 2 aromatic rings. The molecule has 3 heterocycles. The highest BCUT2D eigenvalue weighted by atomic mass is 19.1. The van der Waals surface area contributed by atoms with Gasteiger partial charge in [0.05, 0.1) is 5.60 Å². The summed E-state index contributed by atoms with van der Waals surface area (Å²) >= 11 is 0. The van der Waals surface area contributed by atoms with E-state index in [4.69, 9.17) is 4.74 Å². The van der Waals surface area contributed by atoms with Crippen molar-refractivity contribution in [3.05, 3.63) is 65.7 Å². The molecule has 1 aliphatic carbocycles. The van der Waals surface area contributed by atoms with Crippen LogP contribution in [0.15, 0.2) is 48.7 Å². The van der Waals surface area contributed by atoms with Gasteiger partial charge in [-0.3, -0.25) is 14.7 Å². The zero-order valence-electron chi connectivity index (χ0n) is 17.9. The van der Waals surface area contributed by atoms with Crippen LogP contribution in [0.2, 0.25) is 0 Å². The Labute approximate surface area is 183 Å². The van der Waals surface area contributed by atoms with Gasteiger partial charge in [0.2, 0.25) is 0 Å². The fourth-order valence-electron chi connectivity index (χ4n) is 5.17. The number of rotatable bonds is 5. The summed E-state index contributed by atoms with van der Waals surface area (Å²) in [4.78, 5) is 21.5. The molecule has 2 saturated heterocycles. The number of benzene rings is 1. The molecule has 1 aromatic carbocycles. The number of nitrogens with zero attached hydrogens (tertiary/aromatic N) is 3. The zero-order valence-corrected chi connectivity index (χ0v) is 17.9. The van der Waals surface area contributed by atoms with Gasteiger partial charge >= 0.3 is 0 Å². The Morgan fingerprint density at radius 3 is 2.55 bits per heavy atom. The maximum atomic E-state index is 13.3. The fourth-order valence-corrected chi connectivity index (χ4v) is 5.17. The van der Waals surface area contributed by atoms with Gasteiger partial charge in [0.1, 0.15) is 11.5 Å². The molecule has 1 atom stereocenters. The highest BCUT2D eigenvalue weighted by molar-refractivity contribution is 5.92. The smallest absolute Gasteiger partial charge is 0.272 e. The van der Waals surface area contributed by atoms with Crippen LogP contribution in [0, 0.1) is 5.82 Å². The second-order valence-electron chi connectivity index (χ2n) is 9.22. The predicted octanol–water partition coefficient (Wildman–Crippen LogP) is 4.04. The van der Waals surface area contributed by atoms with Crippen LogP contribution < -0.4 is 0 Å². The monoisotopic (exact) mass is 423 g/mol. The molecule has 3 fully saturated rings. The van der Waals surface area contributed by atoms with E-state index in [-0.39, 0.29) is 17.3 Å². The van der Waals surface area contributed by atoms with Crippen molar-refractivity contribution >= 4 is 5.91 Å². The van der Waals surface area contributed by atoms with Crippen molar-refractivity contribution in [1.82, 2.24) is 14.8 Å². The lowest BCUT2D eigenvalue weighted by Crippen LogP contribution is -2.54. The molecule has 0 bridgehead atoms. The van der Waals surface area contributed by atoms with E-state index >= 15 is 0 Å². The summed E-state index contributed by atoms with van der Waals surface area (Å²) in [6.07, 6.45) is 7.96. The molecular formula is C25H30FN3O2. The number of amides is 1. The van der Waals surface area contributed by atoms with Gasteiger partial charge in [-0.2, -0.15) is 0 Å². The molecule has 1 spiro atoms. The van der Waals surface area contributed by atoms with Crippen molar-refractivity contribution in [3.63, 3.8) is 0 Å². The number of halogens is 1. The van der Waals surface area contributed by atoms with E-state index in [1.807, 2.05) is 29.2 Å². The van der Waals surface area contributed by atoms with Crippen molar-refractivity contribution in [1.29, 1.82) is 0 Å². The molecule has 31 heavy (non-hydrogen) atoms. The van der Waals surface area contributed by atoms with Crippen LogP contribution in [0.3, 0.4) is 0 Å². The fraction of sp³-hybridized carbons (Fsp3) is 0.520. The normalized spacial score (nSPS) is 23.3. The quantitative estimate of drug-likeness (QED) is 0.728. The first-order valence-electron chi connectivity index (χ1n) is 11.5. The van der Waals surface area contributed by atoms with Crippen molar-refractivity contribution in [2.24, 2.45) is 0 Å². The Bertz CT molecular complexity index is 893. The molecule has 6 heteroatoms. The maximum Gasteiger partial charge on any atom is 0.272 e. The molecule has 0 radical (unpaired) electrons. The number of piperidine rings is 1. The molecule has 2 aliphatic heterocycles. The minimum absolute atomic E-state index is 0.0127. The third kappa shape index (κ3) is 4.65. The van der Waals surface area contributed by atoms with Crippen LogP contribution in [-0.2, 0) is 11.3 Å². The Morgan fingerprint density at radius 2 is 1.87 bits per heavy atom. The Hall–Kier alpha value is -2.31. The summed E-state index contributed by atoms with van der Waals surface area (Å²) < 4.78 is 19.7. The van der Waals surface area contributed by atoms with E-state index < -0.39 is 0 Å². The molecule has 3 aliphatic rings. The van der Waals surface area contributed by atoms with Crippen LogP contribution in [-0.4, -0.2) is 58.1 Å². The van der Waals surface area contributed by atoms with Gasteiger partial charge in [0, 0.05) is 44.5 Å². The lowest BCUT2D eigenvalue weighted by Gasteiger charge is -2.48. The van der Waals surface area contributed by atoms with Crippen molar-refractivity contribution in [2.75, 3.05) is 19.7 Å². The molecular weight excluding hydrogens is 393 g/mol. The summed E-state index contributed by atoms with van der Waals surface area (Å²) in [6.45, 7) is 3.06. The van der Waals surface area contributed by atoms with E-state index in [1.165, 1.54) is 18.4 Å². The number of hydrogen-bond donors (Lipinski definition) is 0. The average molecular weight is 424 g/mol. The number of pyridine rings is 1. The van der Waals surface area contributed by atoms with Crippen LogP contribution in [0.1, 0.15) is 54.6 Å². The van der Waals surface area contributed by atoms with Gasteiger partial charge in [0.25, 0.3) is 5.91 Å². The topological polar surface area (TPSA) is 45.7 Å². The second-order valence-corrected chi connectivity index (χ2v) is 9.22. The minimum atomic E-state index is -0.182. The minimum Gasteiger partial charge on any atom is -0.375 e. The molecule has 1 aromatic heterocycles. The lowest BCUT2D eigenvalue weighted by molar-refractivity contribution is -0.131. The van der Waals surface area contributed by atoms with Crippen molar-refractivity contribution < 1.29 is 13.9 Å². The van der Waals surface area contributed by atoms with E-state index in [9.17, 15) is 9.18 Å². The lowest BCUT2D eigenvalue weighted by atomic mass is 9.81. The number of hydrogen-bond acceptors (Lipinski definition) is 4. The molecule has 1 amide bonds. The van der Waals surface area contributed by atoms with Gasteiger partial charge in [-0.25, -0.2) is 4.39 Å². The number of aromatic nitrogens is 1. The highest BCUT2D eigenvalue weighted by Crippen LogP contribution is 2.40. The van der Waals surface area contributed by atoms with Crippen LogP contribution in [0.4, 0.5) is 4.39 Å². The Kier molecular flexibility index (Phi) is 5.76. The SMILES string of the molecule is O=C(c1ccccn1)N1CCC2(CC1)CC(N(Cc1ccc(F)cc1)C1CC1)CCO2. The molecule has 0 N–H and O–H groups in total. The Balaban J connectivity index is 1.23. The van der Waals surface area contributed by atoms with Gasteiger partial charge in [-0.15, -0.1) is 0 Å². The van der Waals surface area contributed by atoms with E-state index in [0.717, 1.165) is 38.8 Å². The summed E-state index contributed by atoms with van der Waals surface area (Å²) in [6, 6.07) is 13.5. The molecule has 5 rings (SSSR count). The largest absolute Gasteiger partial charge is 0.375 e. The van der Waals surface area contributed by atoms with Gasteiger partial charge in [-0.05, 0) is 68.4 Å². The van der Waals surface area contributed by atoms with Crippen LogP contribution in [0.25, 0.3) is 0 Å². The average Bonchev–Trinajstić information content (AvgIpc) is 3.65. The van der Waals surface area contributed by atoms with Crippen molar-refractivity contribution in [2.45, 2.75) is 62.8 Å². The van der Waals surface area contributed by atoms with Gasteiger partial charge in [-0.1, -0.05) is 18.2 Å². The van der Waals surface area contributed by atoms with Crippen LogP contribution >= 0.6 is 0 Å². The van der Waals surface area contributed by atoms with E-state index in [0.29, 0.717) is 30.9 Å². The maximum absolute atomic E-state index is 13.3. The predicted molar refractivity (Wildman–Crippen MR) is 116 cm³/mol. The summed E-state index contributed by atoms with van der Waals surface area (Å²) in [5, 5.41) is 0. The second kappa shape index (κ2) is 8.67. The van der Waals surface area contributed by atoms with Crippen LogP contribution in [0.5, 0.6) is 0 Å². The van der Waals surface area contributed by atoms with E-state index in [1.54, 1.807) is 24.4 Å². The Morgan fingerprint density at radius 1 is 1.10 bits per heavy atom. The first-order valence-corrected chi connectivity index (χ1v) is 11.5.